The third kappa shape index (κ3) is 4.83. The molecule has 41 heavy (non-hydrogen) atoms. The predicted molar refractivity (Wildman–Crippen MR) is 159 cm³/mol. The third-order valence-electron chi connectivity index (χ3n) is 7.34. The number of aliphatic hydroxyl groups excluding tert-OH is 1. The second-order valence-electron chi connectivity index (χ2n) is 9.99. The van der Waals surface area contributed by atoms with E-state index in [4.69, 9.17) is 21.4 Å². The minimum atomic E-state index is -0.324. The molecule has 0 fully saturated rings. The summed E-state index contributed by atoms with van der Waals surface area (Å²) >= 11 is 6.37. The molecule has 0 saturated heterocycles. The molecule has 6 rings (SSSR count). The standard InChI is InChI=1S/C31H27ClN4O5/c1-17-3-2-4-23-26(38)13-25-28(27(17)23)20(14-32)16-36(25)31(40)24-12-19-11-21(15-33-29(19)35-24)34-30(39)18-5-7-22(8-6-18)41-10-9-37/h2-8,11-13,15,20,37-38H,9-10,14,16H2,1H3,(H,33,35)(H,34,39)/t20-/m1/s1. The van der Waals surface area contributed by atoms with Crippen molar-refractivity contribution in [1.82, 2.24) is 9.97 Å². The molecule has 10 heteroatoms. The number of carbonyl (C=O) groups is 2. The number of fused-ring (bicyclic) bond motifs is 4. The summed E-state index contributed by atoms with van der Waals surface area (Å²) < 4.78 is 5.33. The van der Waals surface area contributed by atoms with Gasteiger partial charge in [-0.3, -0.25) is 9.59 Å². The first kappa shape index (κ1) is 26.6. The molecule has 0 bridgehead atoms. The largest absolute Gasteiger partial charge is 0.507 e. The molecule has 208 valence electrons. The zero-order valence-corrected chi connectivity index (χ0v) is 22.9. The lowest BCUT2D eigenvalue weighted by Gasteiger charge is -2.18. The Balaban J connectivity index is 1.26. The highest BCUT2D eigenvalue weighted by Gasteiger charge is 2.35. The minimum absolute atomic E-state index is 0.0839. The van der Waals surface area contributed by atoms with Crippen LogP contribution in [0.2, 0.25) is 0 Å². The van der Waals surface area contributed by atoms with Gasteiger partial charge in [-0.1, -0.05) is 18.2 Å². The number of hydrogen-bond acceptors (Lipinski definition) is 6. The summed E-state index contributed by atoms with van der Waals surface area (Å²) in [5, 5.41) is 24.8. The highest BCUT2D eigenvalue weighted by Crippen LogP contribution is 2.46. The molecule has 0 aliphatic carbocycles. The monoisotopic (exact) mass is 570 g/mol. The maximum absolute atomic E-state index is 13.8. The van der Waals surface area contributed by atoms with E-state index in [1.165, 1.54) is 6.20 Å². The van der Waals surface area contributed by atoms with Gasteiger partial charge in [-0.05, 0) is 59.8 Å². The van der Waals surface area contributed by atoms with Gasteiger partial charge in [-0.25, -0.2) is 4.98 Å². The van der Waals surface area contributed by atoms with Gasteiger partial charge < -0.3 is 30.2 Å². The molecule has 9 nitrogen and oxygen atoms in total. The van der Waals surface area contributed by atoms with E-state index in [-0.39, 0.29) is 36.7 Å². The van der Waals surface area contributed by atoms with E-state index in [2.05, 4.69) is 15.3 Å². The summed E-state index contributed by atoms with van der Waals surface area (Å²) in [7, 11) is 0. The summed E-state index contributed by atoms with van der Waals surface area (Å²) in [6, 6.07) is 17.4. The average molecular weight is 571 g/mol. The maximum atomic E-state index is 13.8. The van der Waals surface area contributed by atoms with Crippen molar-refractivity contribution in [3.05, 3.63) is 89.2 Å². The van der Waals surface area contributed by atoms with Gasteiger partial charge in [0.05, 0.1) is 24.2 Å². The number of nitrogens with zero attached hydrogens (tertiary/aromatic N) is 2. The zero-order valence-electron chi connectivity index (χ0n) is 22.1. The Hall–Kier alpha value is -4.60. The number of anilines is 2. The van der Waals surface area contributed by atoms with Crippen molar-refractivity contribution < 1.29 is 24.5 Å². The molecule has 0 spiro atoms. The number of pyridine rings is 1. The van der Waals surface area contributed by atoms with Crippen molar-refractivity contribution >= 4 is 56.6 Å². The molecule has 1 aliphatic heterocycles. The van der Waals surface area contributed by atoms with Crippen LogP contribution >= 0.6 is 11.6 Å². The Bertz CT molecular complexity index is 1800. The second kappa shape index (κ2) is 10.8. The number of carbonyl (C=O) groups excluding carboxylic acids is 2. The smallest absolute Gasteiger partial charge is 0.274 e. The van der Waals surface area contributed by atoms with Crippen LogP contribution in [0.25, 0.3) is 21.8 Å². The summed E-state index contributed by atoms with van der Waals surface area (Å²) in [6.07, 6.45) is 1.52. The van der Waals surface area contributed by atoms with Crippen LogP contribution in [-0.2, 0) is 0 Å². The maximum Gasteiger partial charge on any atom is 0.274 e. The van der Waals surface area contributed by atoms with Gasteiger partial charge in [0.1, 0.15) is 29.4 Å². The quantitative estimate of drug-likeness (QED) is 0.196. The highest BCUT2D eigenvalue weighted by molar-refractivity contribution is 6.19. The molecule has 2 aromatic heterocycles. The lowest BCUT2D eigenvalue weighted by Crippen LogP contribution is -2.30. The van der Waals surface area contributed by atoms with Crippen molar-refractivity contribution in [3.63, 3.8) is 0 Å². The van der Waals surface area contributed by atoms with Gasteiger partial charge in [0.15, 0.2) is 0 Å². The number of alkyl halides is 1. The lowest BCUT2D eigenvalue weighted by atomic mass is 9.92. The van der Waals surface area contributed by atoms with E-state index in [0.717, 1.165) is 21.9 Å². The van der Waals surface area contributed by atoms with Crippen molar-refractivity contribution in [2.75, 3.05) is 35.9 Å². The predicted octanol–water partition coefficient (Wildman–Crippen LogP) is 5.34. The van der Waals surface area contributed by atoms with E-state index >= 15 is 0 Å². The van der Waals surface area contributed by atoms with Crippen LogP contribution in [-0.4, -0.2) is 57.6 Å². The molecule has 5 aromatic rings. The number of aromatic amines is 1. The molecule has 0 unspecified atom stereocenters. The van der Waals surface area contributed by atoms with Crippen molar-refractivity contribution in [3.8, 4) is 11.5 Å². The molecule has 0 radical (unpaired) electrons. The van der Waals surface area contributed by atoms with Crippen LogP contribution in [0.1, 0.15) is 37.9 Å². The number of phenols is 1. The van der Waals surface area contributed by atoms with Crippen molar-refractivity contribution in [2.45, 2.75) is 12.8 Å². The number of benzene rings is 3. The number of aromatic nitrogens is 2. The number of aromatic hydroxyl groups is 1. The number of aryl methyl sites for hydroxylation is 1. The van der Waals surface area contributed by atoms with Gasteiger partial charge in [0.25, 0.3) is 11.8 Å². The van der Waals surface area contributed by atoms with Crippen LogP contribution in [0.15, 0.2) is 66.9 Å². The SMILES string of the molecule is Cc1cccc2c(O)cc3c(c12)[C@H](CCl)CN3C(=O)c1cc2cc(NC(=O)c3ccc(OCCO)cc3)cnc2[nH]1. The Labute approximate surface area is 240 Å². The van der Waals surface area contributed by atoms with E-state index in [1.54, 1.807) is 47.4 Å². The van der Waals surface area contributed by atoms with Crippen LogP contribution in [0.3, 0.4) is 0 Å². The number of phenolic OH excluding ortho intramolecular Hbond substituents is 1. The molecular weight excluding hydrogens is 544 g/mol. The average Bonchev–Trinajstić information content (AvgIpc) is 3.57. The van der Waals surface area contributed by atoms with Gasteiger partial charge in [0, 0.05) is 40.7 Å². The normalized spacial score (nSPS) is 14.4. The topological polar surface area (TPSA) is 128 Å². The van der Waals surface area contributed by atoms with Gasteiger partial charge in [-0.2, -0.15) is 0 Å². The Morgan fingerprint density at radius 3 is 2.73 bits per heavy atom. The first-order valence-corrected chi connectivity index (χ1v) is 13.7. The van der Waals surface area contributed by atoms with Crippen LogP contribution in [0, 0.1) is 6.92 Å². The van der Waals surface area contributed by atoms with Gasteiger partial charge in [-0.15, -0.1) is 11.6 Å². The second-order valence-corrected chi connectivity index (χ2v) is 10.3. The third-order valence-corrected chi connectivity index (χ3v) is 7.71. The van der Waals surface area contributed by atoms with Crippen LogP contribution < -0.4 is 15.0 Å². The fourth-order valence-corrected chi connectivity index (χ4v) is 5.68. The summed E-state index contributed by atoms with van der Waals surface area (Å²) in [5.41, 5.74) is 4.36. The fourth-order valence-electron chi connectivity index (χ4n) is 5.43. The summed E-state index contributed by atoms with van der Waals surface area (Å²) in [4.78, 5) is 35.7. The zero-order chi connectivity index (χ0) is 28.7. The van der Waals surface area contributed by atoms with Gasteiger partial charge >= 0.3 is 0 Å². The number of aliphatic hydroxyl groups is 1. The molecule has 2 amide bonds. The van der Waals surface area contributed by atoms with Gasteiger partial charge in [0.2, 0.25) is 0 Å². The Morgan fingerprint density at radius 2 is 1.98 bits per heavy atom. The van der Waals surface area contributed by atoms with Crippen LogP contribution in [0.5, 0.6) is 11.5 Å². The Kier molecular flexibility index (Phi) is 6.98. The summed E-state index contributed by atoms with van der Waals surface area (Å²) in [6.45, 7) is 2.46. The number of nitrogens with one attached hydrogen (secondary N) is 2. The molecular formula is C31H27ClN4O5. The highest BCUT2D eigenvalue weighted by atomic mass is 35.5. The van der Waals surface area contributed by atoms with E-state index in [9.17, 15) is 14.7 Å². The van der Waals surface area contributed by atoms with Crippen molar-refractivity contribution in [1.29, 1.82) is 0 Å². The number of hydrogen-bond donors (Lipinski definition) is 4. The van der Waals surface area contributed by atoms with E-state index in [0.29, 0.717) is 51.8 Å². The molecule has 1 aliphatic rings. The van der Waals surface area contributed by atoms with Crippen molar-refractivity contribution in [2.24, 2.45) is 0 Å². The fraction of sp³-hybridized carbons (Fsp3) is 0.194. The Morgan fingerprint density at radius 1 is 1.17 bits per heavy atom. The molecule has 3 heterocycles. The first-order chi connectivity index (χ1) is 19.9. The first-order valence-electron chi connectivity index (χ1n) is 13.1. The van der Waals surface area contributed by atoms with E-state index in [1.807, 2.05) is 25.1 Å². The van der Waals surface area contributed by atoms with E-state index < -0.39 is 0 Å². The number of amides is 2. The van der Waals surface area contributed by atoms with Crippen LogP contribution in [0.4, 0.5) is 11.4 Å². The molecule has 4 N–H and O–H groups in total. The number of ether oxygens (including phenoxy) is 1. The number of rotatable bonds is 7. The minimum Gasteiger partial charge on any atom is -0.507 e. The lowest BCUT2D eigenvalue weighted by molar-refractivity contribution is 0.0983. The number of halogens is 1. The molecule has 1 atom stereocenters. The molecule has 0 saturated carbocycles. The number of H-pyrrole nitrogens is 1. The molecule has 3 aromatic carbocycles. The summed E-state index contributed by atoms with van der Waals surface area (Å²) in [5.74, 6) is 0.328.